The van der Waals surface area contributed by atoms with E-state index in [0.29, 0.717) is 19.8 Å². The number of thiophene rings is 1. The Morgan fingerprint density at radius 3 is 2.79 bits per heavy atom. The van der Waals surface area contributed by atoms with Crippen LogP contribution in [0.2, 0.25) is 0 Å². The standard InChI is InChI=1S/C18H23N3O2S/c1-3-19-18(20-12-17-13(2)7-10-24-17)21-14-5-6-15-16(11-14)23-9-4-8-22-15/h5-7,10-11H,3-4,8-9,12H2,1-2H3,(H2,19,20,21). The van der Waals surface area contributed by atoms with E-state index in [1.807, 2.05) is 18.2 Å². The van der Waals surface area contributed by atoms with E-state index in [0.717, 1.165) is 36.1 Å². The average molecular weight is 345 g/mol. The fraction of sp³-hybridized carbons (Fsp3) is 0.389. The molecule has 2 heterocycles. The number of nitrogens with one attached hydrogen (secondary N) is 2. The highest BCUT2D eigenvalue weighted by atomic mass is 32.1. The van der Waals surface area contributed by atoms with Crippen molar-refractivity contribution in [2.24, 2.45) is 4.99 Å². The summed E-state index contributed by atoms with van der Waals surface area (Å²) in [5.74, 6) is 2.34. The third-order valence-corrected chi connectivity index (χ3v) is 4.71. The number of nitrogens with zero attached hydrogens (tertiary/aromatic N) is 1. The molecule has 6 heteroatoms. The molecule has 0 aliphatic carbocycles. The van der Waals surface area contributed by atoms with Crippen molar-refractivity contribution in [1.29, 1.82) is 0 Å². The van der Waals surface area contributed by atoms with Crippen molar-refractivity contribution in [3.8, 4) is 11.5 Å². The Bertz CT molecular complexity index is 712. The Balaban J connectivity index is 1.73. The maximum absolute atomic E-state index is 5.74. The zero-order chi connectivity index (χ0) is 16.8. The molecular formula is C18H23N3O2S. The van der Waals surface area contributed by atoms with Gasteiger partial charge >= 0.3 is 0 Å². The minimum Gasteiger partial charge on any atom is -0.490 e. The summed E-state index contributed by atoms with van der Waals surface area (Å²) >= 11 is 1.74. The fourth-order valence-corrected chi connectivity index (χ4v) is 3.23. The van der Waals surface area contributed by atoms with E-state index in [1.54, 1.807) is 11.3 Å². The van der Waals surface area contributed by atoms with Gasteiger partial charge in [0.1, 0.15) is 0 Å². The van der Waals surface area contributed by atoms with Gasteiger partial charge in [-0.2, -0.15) is 0 Å². The van der Waals surface area contributed by atoms with E-state index in [2.05, 4.69) is 40.9 Å². The third kappa shape index (κ3) is 4.20. The molecular weight excluding hydrogens is 322 g/mol. The van der Waals surface area contributed by atoms with Crippen LogP contribution in [0.5, 0.6) is 11.5 Å². The smallest absolute Gasteiger partial charge is 0.196 e. The second-order valence-electron chi connectivity index (χ2n) is 5.56. The lowest BCUT2D eigenvalue weighted by Gasteiger charge is -2.13. The van der Waals surface area contributed by atoms with Crippen molar-refractivity contribution in [3.05, 3.63) is 40.1 Å². The molecule has 1 aliphatic heterocycles. The molecule has 24 heavy (non-hydrogen) atoms. The molecule has 0 amide bonds. The minimum absolute atomic E-state index is 0.670. The van der Waals surface area contributed by atoms with Gasteiger partial charge in [0.25, 0.3) is 0 Å². The normalized spacial score (nSPS) is 14.2. The van der Waals surface area contributed by atoms with Crippen LogP contribution in [-0.4, -0.2) is 25.7 Å². The molecule has 128 valence electrons. The SMILES string of the molecule is CCNC(=NCc1sccc1C)Nc1ccc2c(c1)OCCCO2. The molecule has 0 fully saturated rings. The molecule has 0 saturated carbocycles. The van der Waals surface area contributed by atoms with Gasteiger partial charge in [0.2, 0.25) is 0 Å². The van der Waals surface area contributed by atoms with E-state index < -0.39 is 0 Å². The first kappa shape index (κ1) is 16.6. The second kappa shape index (κ2) is 8.06. The Kier molecular flexibility index (Phi) is 5.59. The summed E-state index contributed by atoms with van der Waals surface area (Å²) in [5, 5.41) is 8.72. The Labute approximate surface area is 146 Å². The number of fused-ring (bicyclic) bond motifs is 1. The van der Waals surface area contributed by atoms with Crippen molar-refractivity contribution >= 4 is 23.0 Å². The maximum atomic E-state index is 5.74. The van der Waals surface area contributed by atoms with Crippen molar-refractivity contribution in [1.82, 2.24) is 5.32 Å². The van der Waals surface area contributed by atoms with Crippen LogP contribution >= 0.6 is 11.3 Å². The van der Waals surface area contributed by atoms with Crippen molar-refractivity contribution in [2.45, 2.75) is 26.8 Å². The van der Waals surface area contributed by atoms with Crippen LogP contribution < -0.4 is 20.1 Å². The Morgan fingerprint density at radius 2 is 2.04 bits per heavy atom. The number of aliphatic imine (C=N–C) groups is 1. The molecule has 0 saturated heterocycles. The molecule has 2 N–H and O–H groups in total. The van der Waals surface area contributed by atoms with Gasteiger partial charge in [-0.15, -0.1) is 11.3 Å². The lowest BCUT2D eigenvalue weighted by molar-refractivity contribution is 0.297. The zero-order valence-corrected chi connectivity index (χ0v) is 14.9. The number of benzene rings is 1. The zero-order valence-electron chi connectivity index (χ0n) is 14.1. The van der Waals surface area contributed by atoms with Crippen LogP contribution in [-0.2, 0) is 6.54 Å². The van der Waals surface area contributed by atoms with Gasteiger partial charge in [-0.05, 0) is 43.0 Å². The molecule has 1 aromatic heterocycles. The lowest BCUT2D eigenvalue weighted by atomic mass is 10.2. The first-order valence-corrected chi connectivity index (χ1v) is 9.12. The minimum atomic E-state index is 0.670. The van der Waals surface area contributed by atoms with Crippen LogP contribution in [0.3, 0.4) is 0 Å². The Hall–Kier alpha value is -2.21. The molecule has 0 unspecified atom stereocenters. The molecule has 0 atom stereocenters. The number of hydrogen-bond acceptors (Lipinski definition) is 4. The highest BCUT2D eigenvalue weighted by Crippen LogP contribution is 2.32. The highest BCUT2D eigenvalue weighted by molar-refractivity contribution is 7.10. The summed E-state index contributed by atoms with van der Waals surface area (Å²) in [4.78, 5) is 5.96. The van der Waals surface area contributed by atoms with Crippen LogP contribution in [0.15, 0.2) is 34.6 Å². The number of guanidine groups is 1. The van der Waals surface area contributed by atoms with E-state index in [-0.39, 0.29) is 0 Å². The van der Waals surface area contributed by atoms with Gasteiger partial charge in [-0.25, -0.2) is 4.99 Å². The van der Waals surface area contributed by atoms with Crippen LogP contribution in [0.4, 0.5) is 5.69 Å². The monoisotopic (exact) mass is 345 g/mol. The van der Waals surface area contributed by atoms with E-state index in [4.69, 9.17) is 9.47 Å². The quantitative estimate of drug-likeness (QED) is 0.654. The number of rotatable bonds is 4. The average Bonchev–Trinajstić information content (AvgIpc) is 2.85. The van der Waals surface area contributed by atoms with E-state index >= 15 is 0 Å². The molecule has 0 spiro atoms. The van der Waals surface area contributed by atoms with Gasteiger partial charge in [0.05, 0.1) is 19.8 Å². The number of aryl methyl sites for hydroxylation is 1. The number of anilines is 1. The van der Waals surface area contributed by atoms with Crippen molar-refractivity contribution in [3.63, 3.8) is 0 Å². The molecule has 1 aromatic carbocycles. The predicted molar refractivity (Wildman–Crippen MR) is 99.5 cm³/mol. The summed E-state index contributed by atoms with van der Waals surface area (Å²) in [5.41, 5.74) is 2.22. The van der Waals surface area contributed by atoms with Gasteiger partial charge in [-0.3, -0.25) is 0 Å². The summed E-state index contributed by atoms with van der Waals surface area (Å²) in [6.07, 6.45) is 0.904. The van der Waals surface area contributed by atoms with Crippen LogP contribution in [0.25, 0.3) is 0 Å². The van der Waals surface area contributed by atoms with Crippen LogP contribution in [0.1, 0.15) is 23.8 Å². The summed E-state index contributed by atoms with van der Waals surface area (Å²) in [7, 11) is 0. The van der Waals surface area contributed by atoms with E-state index in [1.165, 1.54) is 10.4 Å². The number of ether oxygens (including phenoxy) is 2. The van der Waals surface area contributed by atoms with Gasteiger partial charge < -0.3 is 20.1 Å². The molecule has 2 aromatic rings. The Morgan fingerprint density at radius 1 is 1.21 bits per heavy atom. The van der Waals surface area contributed by atoms with Crippen molar-refractivity contribution < 1.29 is 9.47 Å². The molecule has 0 bridgehead atoms. The second-order valence-corrected chi connectivity index (χ2v) is 6.56. The molecule has 5 nitrogen and oxygen atoms in total. The highest BCUT2D eigenvalue weighted by Gasteiger charge is 2.11. The summed E-state index contributed by atoms with van der Waals surface area (Å²) < 4.78 is 11.4. The van der Waals surface area contributed by atoms with Gasteiger partial charge in [0, 0.05) is 29.6 Å². The fourth-order valence-electron chi connectivity index (χ4n) is 2.40. The summed E-state index contributed by atoms with van der Waals surface area (Å²) in [6.45, 7) is 7.03. The lowest BCUT2D eigenvalue weighted by Crippen LogP contribution is -2.30. The van der Waals surface area contributed by atoms with Crippen LogP contribution in [0, 0.1) is 6.92 Å². The summed E-state index contributed by atoms with van der Waals surface area (Å²) in [6, 6.07) is 8.01. The third-order valence-electron chi connectivity index (χ3n) is 3.70. The first-order chi connectivity index (χ1) is 11.8. The maximum Gasteiger partial charge on any atom is 0.196 e. The van der Waals surface area contributed by atoms with Crippen molar-refractivity contribution in [2.75, 3.05) is 25.1 Å². The number of hydrogen-bond donors (Lipinski definition) is 2. The molecule has 3 rings (SSSR count). The van der Waals surface area contributed by atoms with Gasteiger partial charge in [0.15, 0.2) is 17.5 Å². The van der Waals surface area contributed by atoms with E-state index in [9.17, 15) is 0 Å². The largest absolute Gasteiger partial charge is 0.490 e. The topological polar surface area (TPSA) is 54.9 Å². The predicted octanol–water partition coefficient (Wildman–Crippen LogP) is 3.80. The molecule has 0 radical (unpaired) electrons. The molecule has 1 aliphatic rings. The first-order valence-electron chi connectivity index (χ1n) is 8.24. The van der Waals surface area contributed by atoms with Gasteiger partial charge in [-0.1, -0.05) is 0 Å².